The van der Waals surface area contributed by atoms with Crippen LogP contribution in [0.2, 0.25) is 0 Å². The lowest BCUT2D eigenvalue weighted by atomic mass is 10.1. The third-order valence-corrected chi connectivity index (χ3v) is 3.07. The predicted molar refractivity (Wildman–Crippen MR) is 48.3 cm³/mol. The summed E-state index contributed by atoms with van der Waals surface area (Å²) in [6.07, 6.45) is 2.24. The molecular formula is C9H14N2O3. The summed E-state index contributed by atoms with van der Waals surface area (Å²) < 4.78 is 4.65. The van der Waals surface area contributed by atoms with Gasteiger partial charge in [-0.1, -0.05) is 0 Å². The number of hydrogen-bond donors (Lipinski definition) is 1. The molecule has 2 N–H and O–H groups in total. The number of rotatable bonds is 1. The summed E-state index contributed by atoms with van der Waals surface area (Å²) in [6.45, 7) is 0. The Morgan fingerprint density at radius 3 is 2.93 bits per heavy atom. The summed E-state index contributed by atoms with van der Waals surface area (Å²) in [6, 6.07) is -0.667. The number of ether oxygens (including phenoxy) is 1. The molecule has 2 aliphatic rings. The molecule has 2 fully saturated rings. The van der Waals surface area contributed by atoms with Gasteiger partial charge in [-0.05, 0) is 19.3 Å². The summed E-state index contributed by atoms with van der Waals surface area (Å²) in [4.78, 5) is 24.6. The van der Waals surface area contributed by atoms with Crippen LogP contribution >= 0.6 is 0 Å². The van der Waals surface area contributed by atoms with E-state index in [2.05, 4.69) is 4.74 Å². The molecule has 1 amide bonds. The van der Waals surface area contributed by atoms with E-state index in [1.54, 1.807) is 4.90 Å². The van der Waals surface area contributed by atoms with Crippen LogP contribution in [0.5, 0.6) is 0 Å². The summed E-state index contributed by atoms with van der Waals surface area (Å²) >= 11 is 0. The van der Waals surface area contributed by atoms with Gasteiger partial charge < -0.3 is 15.4 Å². The van der Waals surface area contributed by atoms with E-state index >= 15 is 0 Å². The fraction of sp³-hybridized carbons (Fsp3) is 0.778. The predicted octanol–water partition coefficient (Wildman–Crippen LogP) is -0.750. The van der Waals surface area contributed by atoms with Gasteiger partial charge in [0.25, 0.3) is 0 Å². The maximum absolute atomic E-state index is 11.6. The van der Waals surface area contributed by atoms with Crippen molar-refractivity contribution in [2.75, 3.05) is 7.11 Å². The zero-order valence-electron chi connectivity index (χ0n) is 8.10. The molecule has 2 aliphatic heterocycles. The van der Waals surface area contributed by atoms with E-state index in [4.69, 9.17) is 5.73 Å². The number of amides is 1. The Morgan fingerprint density at radius 2 is 2.29 bits per heavy atom. The Bertz CT molecular complexity index is 279. The first-order valence-corrected chi connectivity index (χ1v) is 4.80. The van der Waals surface area contributed by atoms with Crippen LogP contribution in [0.1, 0.15) is 19.3 Å². The Morgan fingerprint density at radius 1 is 1.57 bits per heavy atom. The van der Waals surface area contributed by atoms with Crippen molar-refractivity contribution >= 4 is 11.9 Å². The zero-order chi connectivity index (χ0) is 10.3. The first-order chi connectivity index (χ1) is 6.65. The van der Waals surface area contributed by atoms with E-state index in [1.165, 1.54) is 7.11 Å². The van der Waals surface area contributed by atoms with Crippen molar-refractivity contribution < 1.29 is 14.3 Å². The van der Waals surface area contributed by atoms with Gasteiger partial charge in [-0.2, -0.15) is 0 Å². The Kier molecular flexibility index (Phi) is 2.19. The van der Waals surface area contributed by atoms with E-state index in [9.17, 15) is 9.59 Å². The quantitative estimate of drug-likeness (QED) is 0.563. The normalized spacial score (nSPS) is 36.0. The van der Waals surface area contributed by atoms with Crippen molar-refractivity contribution in [1.82, 2.24) is 4.90 Å². The summed E-state index contributed by atoms with van der Waals surface area (Å²) in [5, 5.41) is 0. The Hall–Kier alpha value is -1.10. The fourth-order valence-electron chi connectivity index (χ4n) is 2.40. The topological polar surface area (TPSA) is 72.6 Å². The van der Waals surface area contributed by atoms with E-state index in [0.717, 1.165) is 6.42 Å². The molecule has 0 aromatic rings. The number of nitrogens with two attached hydrogens (primary N) is 1. The molecule has 3 unspecified atom stereocenters. The standard InChI is InChI=1S/C9H14N2O3/c1-14-9(13)7-3-2-5-4-6(10)8(12)11(5)7/h5-7H,2-4,10H2,1H3. The molecule has 2 rings (SSSR count). The highest BCUT2D eigenvalue weighted by atomic mass is 16.5. The molecule has 0 aromatic carbocycles. The smallest absolute Gasteiger partial charge is 0.328 e. The molecule has 5 nitrogen and oxygen atoms in total. The second kappa shape index (κ2) is 3.24. The van der Waals surface area contributed by atoms with Gasteiger partial charge in [-0.3, -0.25) is 4.79 Å². The van der Waals surface area contributed by atoms with Crippen LogP contribution in [-0.4, -0.2) is 42.0 Å². The highest BCUT2D eigenvalue weighted by molar-refractivity contribution is 5.90. The maximum atomic E-state index is 11.6. The first kappa shape index (κ1) is 9.45. The van der Waals surface area contributed by atoms with Crippen molar-refractivity contribution in [2.45, 2.75) is 37.4 Å². The molecule has 2 heterocycles. The van der Waals surface area contributed by atoms with Crippen molar-refractivity contribution in [1.29, 1.82) is 0 Å². The second-order valence-corrected chi connectivity index (χ2v) is 3.86. The number of hydrogen-bond acceptors (Lipinski definition) is 4. The highest BCUT2D eigenvalue weighted by Gasteiger charge is 2.48. The Labute approximate surface area is 82.2 Å². The minimum absolute atomic E-state index is 0.108. The largest absolute Gasteiger partial charge is 0.467 e. The maximum Gasteiger partial charge on any atom is 0.328 e. The first-order valence-electron chi connectivity index (χ1n) is 4.80. The molecule has 0 aromatic heterocycles. The van der Waals surface area contributed by atoms with E-state index in [-0.39, 0.29) is 17.9 Å². The number of fused-ring (bicyclic) bond motifs is 1. The molecule has 0 radical (unpaired) electrons. The summed E-state index contributed by atoms with van der Waals surface area (Å²) in [7, 11) is 1.34. The van der Waals surface area contributed by atoms with Gasteiger partial charge in [0.1, 0.15) is 6.04 Å². The number of nitrogens with zero attached hydrogens (tertiary/aromatic N) is 1. The molecule has 5 heteroatoms. The number of esters is 1. The van der Waals surface area contributed by atoms with E-state index in [1.807, 2.05) is 0 Å². The average molecular weight is 198 g/mol. The van der Waals surface area contributed by atoms with Gasteiger partial charge >= 0.3 is 5.97 Å². The van der Waals surface area contributed by atoms with Crippen molar-refractivity contribution in [2.24, 2.45) is 5.73 Å². The van der Waals surface area contributed by atoms with Gasteiger partial charge in [0, 0.05) is 6.04 Å². The van der Waals surface area contributed by atoms with Gasteiger partial charge in [0.2, 0.25) is 5.91 Å². The molecule has 3 atom stereocenters. The fourth-order valence-corrected chi connectivity index (χ4v) is 2.40. The van der Waals surface area contributed by atoms with E-state index < -0.39 is 12.1 Å². The van der Waals surface area contributed by atoms with Crippen LogP contribution in [0.15, 0.2) is 0 Å². The van der Waals surface area contributed by atoms with Gasteiger partial charge in [0.05, 0.1) is 13.2 Å². The van der Waals surface area contributed by atoms with Crippen LogP contribution in [0, 0.1) is 0 Å². The average Bonchev–Trinajstić information content (AvgIpc) is 2.68. The third-order valence-electron chi connectivity index (χ3n) is 3.07. The number of carbonyl (C=O) groups excluding carboxylic acids is 2. The lowest BCUT2D eigenvalue weighted by Crippen LogP contribution is -2.43. The van der Waals surface area contributed by atoms with Crippen LogP contribution in [-0.2, 0) is 14.3 Å². The van der Waals surface area contributed by atoms with Crippen LogP contribution in [0.3, 0.4) is 0 Å². The molecule has 14 heavy (non-hydrogen) atoms. The van der Waals surface area contributed by atoms with Crippen LogP contribution < -0.4 is 5.73 Å². The molecule has 2 saturated heterocycles. The van der Waals surface area contributed by atoms with Crippen molar-refractivity contribution in [3.63, 3.8) is 0 Å². The lowest BCUT2D eigenvalue weighted by Gasteiger charge is -2.21. The van der Waals surface area contributed by atoms with Crippen molar-refractivity contribution in [3.8, 4) is 0 Å². The Balaban J connectivity index is 2.17. The van der Waals surface area contributed by atoms with Gasteiger partial charge in [0.15, 0.2) is 0 Å². The minimum atomic E-state index is -0.424. The van der Waals surface area contributed by atoms with Gasteiger partial charge in [-0.25, -0.2) is 4.79 Å². The monoisotopic (exact) mass is 198 g/mol. The van der Waals surface area contributed by atoms with Crippen LogP contribution in [0.4, 0.5) is 0 Å². The third kappa shape index (κ3) is 1.19. The molecule has 0 spiro atoms. The summed E-state index contributed by atoms with van der Waals surface area (Å²) in [5.41, 5.74) is 5.63. The molecule has 0 bridgehead atoms. The van der Waals surface area contributed by atoms with Crippen molar-refractivity contribution in [3.05, 3.63) is 0 Å². The van der Waals surface area contributed by atoms with Crippen LogP contribution in [0.25, 0.3) is 0 Å². The van der Waals surface area contributed by atoms with Gasteiger partial charge in [-0.15, -0.1) is 0 Å². The summed E-state index contributed by atoms with van der Waals surface area (Å²) in [5.74, 6) is -0.433. The highest BCUT2D eigenvalue weighted by Crippen LogP contribution is 2.33. The molecule has 0 saturated carbocycles. The molecule has 0 aliphatic carbocycles. The minimum Gasteiger partial charge on any atom is -0.467 e. The second-order valence-electron chi connectivity index (χ2n) is 3.86. The number of carbonyl (C=O) groups is 2. The number of methoxy groups -OCH3 is 1. The molecular weight excluding hydrogens is 184 g/mol. The molecule has 78 valence electrons. The zero-order valence-corrected chi connectivity index (χ0v) is 8.10. The van der Waals surface area contributed by atoms with E-state index in [0.29, 0.717) is 12.8 Å². The lowest BCUT2D eigenvalue weighted by molar-refractivity contribution is -0.150. The SMILES string of the molecule is COC(=O)C1CCC2CC(N)C(=O)N21.